The van der Waals surface area contributed by atoms with Crippen LogP contribution in [0, 0.1) is 5.41 Å². The first kappa shape index (κ1) is 17.6. The Balaban J connectivity index is 1.62. The second-order valence-corrected chi connectivity index (χ2v) is 7.54. The fraction of sp³-hybridized carbons (Fsp3) is 0.250. The highest BCUT2D eigenvalue weighted by Crippen LogP contribution is 2.33. The predicted molar refractivity (Wildman–Crippen MR) is 110 cm³/mol. The molecule has 3 aromatic heterocycles. The molecule has 1 fully saturated rings. The van der Waals surface area contributed by atoms with Gasteiger partial charge in [0.1, 0.15) is 12.0 Å². The van der Waals surface area contributed by atoms with Gasteiger partial charge in [0.05, 0.1) is 22.5 Å². The zero-order valence-electron chi connectivity index (χ0n) is 14.9. The van der Waals surface area contributed by atoms with Gasteiger partial charge in [0, 0.05) is 48.2 Å². The molecule has 4 heterocycles. The topological polar surface area (TPSA) is 64.9 Å². The van der Waals surface area contributed by atoms with Gasteiger partial charge in [0.2, 0.25) is 0 Å². The van der Waals surface area contributed by atoms with E-state index < -0.39 is 6.17 Å². The van der Waals surface area contributed by atoms with E-state index in [2.05, 4.69) is 21.4 Å². The number of anilines is 1. The van der Waals surface area contributed by atoms with Gasteiger partial charge in [-0.15, -0.1) is 11.3 Å². The monoisotopic (exact) mass is 381 g/mol. The second-order valence-electron chi connectivity index (χ2n) is 6.46. The SMILES string of the molecule is CN/C=C(\C=N)c1ccc2sc(-c3ccc(N4CC[C@@H](F)C4)nc3)cc2n1. The van der Waals surface area contributed by atoms with Crippen molar-refractivity contribution >= 4 is 39.2 Å². The number of thiophene rings is 1. The molecule has 1 saturated heterocycles. The third-order valence-electron chi connectivity index (χ3n) is 4.61. The van der Waals surface area contributed by atoms with Crippen LogP contribution in [0.1, 0.15) is 12.1 Å². The molecule has 4 rings (SSSR count). The van der Waals surface area contributed by atoms with Crippen LogP contribution in [0.15, 0.2) is 42.7 Å². The predicted octanol–water partition coefficient (Wildman–Crippen LogP) is 4.12. The second kappa shape index (κ2) is 7.44. The minimum atomic E-state index is -0.753. The van der Waals surface area contributed by atoms with E-state index in [1.165, 1.54) is 6.21 Å². The van der Waals surface area contributed by atoms with Gasteiger partial charge in [-0.1, -0.05) is 0 Å². The van der Waals surface area contributed by atoms with Gasteiger partial charge >= 0.3 is 0 Å². The summed E-state index contributed by atoms with van der Waals surface area (Å²) in [6.07, 6.45) is 4.72. The molecule has 0 aromatic carbocycles. The average Bonchev–Trinajstić information content (AvgIpc) is 3.32. The number of hydrogen-bond acceptors (Lipinski definition) is 6. The number of nitrogens with one attached hydrogen (secondary N) is 2. The van der Waals surface area contributed by atoms with Crippen molar-refractivity contribution in [2.75, 3.05) is 25.0 Å². The lowest BCUT2D eigenvalue weighted by Gasteiger charge is -2.16. The molecule has 3 aromatic rings. The number of aromatic nitrogens is 2. The van der Waals surface area contributed by atoms with Gasteiger partial charge < -0.3 is 15.6 Å². The van der Waals surface area contributed by atoms with E-state index in [4.69, 9.17) is 5.41 Å². The van der Waals surface area contributed by atoms with Crippen molar-refractivity contribution in [3.8, 4) is 10.4 Å². The summed E-state index contributed by atoms with van der Waals surface area (Å²) in [5, 5.41) is 10.5. The molecule has 2 N–H and O–H groups in total. The van der Waals surface area contributed by atoms with Gasteiger partial charge in [-0.2, -0.15) is 0 Å². The third-order valence-corrected chi connectivity index (χ3v) is 5.75. The normalized spacial score (nSPS) is 17.5. The van der Waals surface area contributed by atoms with E-state index in [-0.39, 0.29) is 0 Å². The third kappa shape index (κ3) is 3.55. The number of allylic oxidation sites excluding steroid dienone is 1. The van der Waals surface area contributed by atoms with Crippen LogP contribution in [0.25, 0.3) is 26.2 Å². The lowest BCUT2D eigenvalue weighted by Crippen LogP contribution is -2.20. The summed E-state index contributed by atoms with van der Waals surface area (Å²) in [5.41, 5.74) is 3.42. The molecule has 27 heavy (non-hydrogen) atoms. The van der Waals surface area contributed by atoms with Crippen LogP contribution < -0.4 is 10.2 Å². The van der Waals surface area contributed by atoms with Crippen LogP contribution >= 0.6 is 11.3 Å². The van der Waals surface area contributed by atoms with E-state index in [0.29, 0.717) is 13.0 Å². The van der Waals surface area contributed by atoms with Crippen molar-refractivity contribution in [1.29, 1.82) is 5.41 Å². The van der Waals surface area contributed by atoms with Crippen molar-refractivity contribution in [3.63, 3.8) is 0 Å². The minimum absolute atomic E-state index is 0.428. The summed E-state index contributed by atoms with van der Waals surface area (Å²) in [4.78, 5) is 12.3. The van der Waals surface area contributed by atoms with Gasteiger partial charge in [-0.05, 0) is 36.8 Å². The quantitative estimate of drug-likeness (QED) is 0.653. The highest BCUT2D eigenvalue weighted by Gasteiger charge is 2.22. The van der Waals surface area contributed by atoms with Crippen molar-refractivity contribution in [3.05, 3.63) is 48.4 Å². The van der Waals surface area contributed by atoms with Gasteiger partial charge in [-0.25, -0.2) is 14.4 Å². The number of fused-ring (bicyclic) bond motifs is 1. The van der Waals surface area contributed by atoms with Crippen molar-refractivity contribution in [2.24, 2.45) is 0 Å². The molecule has 0 radical (unpaired) electrons. The molecule has 1 atom stereocenters. The molecule has 0 bridgehead atoms. The molecule has 1 aliphatic rings. The Kier molecular flexibility index (Phi) is 4.85. The van der Waals surface area contributed by atoms with Crippen LogP contribution in [0.4, 0.5) is 10.2 Å². The molecule has 0 spiro atoms. The summed E-state index contributed by atoms with van der Waals surface area (Å²) in [6.45, 7) is 1.15. The van der Waals surface area contributed by atoms with Crippen LogP contribution in [-0.2, 0) is 0 Å². The number of hydrogen-bond donors (Lipinski definition) is 2. The zero-order valence-corrected chi connectivity index (χ0v) is 15.8. The highest BCUT2D eigenvalue weighted by molar-refractivity contribution is 7.22. The van der Waals surface area contributed by atoms with E-state index in [9.17, 15) is 4.39 Å². The molecule has 5 nitrogen and oxygen atoms in total. The molecule has 0 amide bonds. The first-order chi connectivity index (χ1) is 13.2. The molecule has 0 unspecified atom stereocenters. The maximum atomic E-state index is 13.4. The number of alkyl halides is 1. The van der Waals surface area contributed by atoms with E-state index in [1.807, 2.05) is 35.4 Å². The molecule has 138 valence electrons. The van der Waals surface area contributed by atoms with Gasteiger partial charge in [0.25, 0.3) is 0 Å². The smallest absolute Gasteiger partial charge is 0.128 e. The summed E-state index contributed by atoms with van der Waals surface area (Å²) in [5.74, 6) is 0.827. The Bertz CT molecular complexity index is 995. The summed E-state index contributed by atoms with van der Waals surface area (Å²) in [7, 11) is 1.80. The molecule has 0 aliphatic carbocycles. The van der Waals surface area contributed by atoms with Crippen molar-refractivity contribution in [1.82, 2.24) is 15.3 Å². The first-order valence-electron chi connectivity index (χ1n) is 8.82. The molecule has 0 saturated carbocycles. The highest BCUT2D eigenvalue weighted by atomic mass is 32.1. The maximum Gasteiger partial charge on any atom is 0.128 e. The van der Waals surface area contributed by atoms with Crippen LogP contribution in [0.5, 0.6) is 0 Å². The summed E-state index contributed by atoms with van der Waals surface area (Å²) < 4.78 is 14.5. The minimum Gasteiger partial charge on any atom is -0.393 e. The van der Waals surface area contributed by atoms with Gasteiger partial charge in [0.15, 0.2) is 0 Å². The van der Waals surface area contributed by atoms with E-state index in [0.717, 1.165) is 44.3 Å². The fourth-order valence-electron chi connectivity index (χ4n) is 3.22. The average molecular weight is 381 g/mol. The fourth-order valence-corrected chi connectivity index (χ4v) is 4.21. The molecular weight excluding hydrogens is 361 g/mol. The molecule has 7 heteroatoms. The lowest BCUT2D eigenvalue weighted by molar-refractivity contribution is 0.364. The number of nitrogens with zero attached hydrogens (tertiary/aromatic N) is 3. The molecule has 1 aliphatic heterocycles. The van der Waals surface area contributed by atoms with Crippen molar-refractivity contribution in [2.45, 2.75) is 12.6 Å². The Hall–Kier alpha value is -2.80. The standard InChI is InChI=1S/C20H20FN5S/c1-23-10-14(9-22)16-3-4-18-17(25-16)8-19(27-18)13-2-5-20(24-11-13)26-7-6-15(21)12-26/h2-5,8-11,15,22-23H,6-7,12H2,1H3/b14-10+,22-9?/t15-/m1/s1. The van der Waals surface area contributed by atoms with E-state index >= 15 is 0 Å². The van der Waals surface area contributed by atoms with Gasteiger partial charge in [-0.3, -0.25) is 0 Å². The number of halogens is 1. The lowest BCUT2D eigenvalue weighted by atomic mass is 10.2. The first-order valence-corrected chi connectivity index (χ1v) is 9.64. The van der Waals surface area contributed by atoms with Crippen molar-refractivity contribution < 1.29 is 4.39 Å². The summed E-state index contributed by atoms with van der Waals surface area (Å²) >= 11 is 1.66. The summed E-state index contributed by atoms with van der Waals surface area (Å²) in [6, 6.07) is 10.0. The zero-order chi connectivity index (χ0) is 18.8. The Morgan fingerprint density at radius 1 is 1.37 bits per heavy atom. The number of rotatable bonds is 5. The Morgan fingerprint density at radius 2 is 2.26 bits per heavy atom. The van der Waals surface area contributed by atoms with Crippen LogP contribution in [0.2, 0.25) is 0 Å². The van der Waals surface area contributed by atoms with Crippen LogP contribution in [-0.4, -0.2) is 42.5 Å². The largest absolute Gasteiger partial charge is 0.393 e. The van der Waals surface area contributed by atoms with Crippen LogP contribution in [0.3, 0.4) is 0 Å². The maximum absolute atomic E-state index is 13.4. The Labute approximate surface area is 161 Å². The Morgan fingerprint density at radius 3 is 2.93 bits per heavy atom. The number of pyridine rings is 2. The van der Waals surface area contributed by atoms with E-state index in [1.54, 1.807) is 24.6 Å². The molecular formula is C20H20FN5S.